The first kappa shape index (κ1) is 20.1. The molecule has 144 valence electrons. The van der Waals surface area contributed by atoms with Crippen LogP contribution in [0.3, 0.4) is 0 Å². The lowest BCUT2D eigenvalue weighted by Crippen LogP contribution is -2.38. The second-order valence-electron chi connectivity index (χ2n) is 6.27. The topological polar surface area (TPSA) is 69.7 Å². The zero-order chi connectivity index (χ0) is 19.6. The Morgan fingerprint density at radius 2 is 1.81 bits per heavy atom. The molecule has 1 aliphatic heterocycles. The summed E-state index contributed by atoms with van der Waals surface area (Å²) >= 11 is 12.1. The first-order valence-electron chi connectivity index (χ1n) is 8.32. The number of hydrogen-bond acceptors (Lipinski definition) is 3. The largest absolute Gasteiger partial charge is 0.325 e. The Hall–Kier alpha value is -1.64. The molecule has 0 atom stereocenters. The van der Waals surface area contributed by atoms with Crippen molar-refractivity contribution in [2.24, 2.45) is 0 Å². The van der Waals surface area contributed by atoms with Crippen molar-refractivity contribution in [3.63, 3.8) is 0 Å². The molecule has 3 rings (SSSR count). The number of amides is 1. The molecule has 1 saturated heterocycles. The number of nitrogens with zero attached hydrogens (tertiary/aromatic N) is 2. The summed E-state index contributed by atoms with van der Waals surface area (Å²) in [5, 5.41) is 3.73. The number of rotatable bonds is 5. The maximum absolute atomic E-state index is 12.7. The van der Waals surface area contributed by atoms with Crippen molar-refractivity contribution in [2.75, 3.05) is 25.0 Å². The van der Waals surface area contributed by atoms with E-state index in [0.29, 0.717) is 22.3 Å². The summed E-state index contributed by atoms with van der Waals surface area (Å²) < 4.78 is 27.9. The van der Waals surface area contributed by atoms with Crippen LogP contribution in [0.15, 0.2) is 42.5 Å². The van der Waals surface area contributed by atoms with Crippen LogP contribution >= 0.6 is 23.2 Å². The molecule has 0 aliphatic carbocycles. The van der Waals surface area contributed by atoms with Gasteiger partial charge in [-0.3, -0.25) is 4.79 Å². The van der Waals surface area contributed by atoms with Crippen LogP contribution in [0.2, 0.25) is 10.0 Å². The van der Waals surface area contributed by atoms with E-state index in [-0.39, 0.29) is 19.6 Å². The zero-order valence-electron chi connectivity index (χ0n) is 14.7. The Bertz CT molecular complexity index is 966. The van der Waals surface area contributed by atoms with Crippen molar-refractivity contribution < 1.29 is 13.2 Å². The van der Waals surface area contributed by atoms with Gasteiger partial charge in [-0.2, -0.15) is 17.0 Å². The quantitative estimate of drug-likeness (QED) is 0.795. The minimum absolute atomic E-state index is 0.174. The number of benzene rings is 2. The molecule has 1 amide bonds. The van der Waals surface area contributed by atoms with Crippen LogP contribution in [0.1, 0.15) is 11.1 Å². The van der Waals surface area contributed by atoms with E-state index in [0.717, 1.165) is 11.1 Å². The Morgan fingerprint density at radius 1 is 1.11 bits per heavy atom. The minimum Gasteiger partial charge on any atom is -0.325 e. The number of anilines is 1. The number of nitrogens with one attached hydrogen (secondary N) is 1. The molecule has 2 aromatic rings. The molecule has 2 aromatic carbocycles. The van der Waals surface area contributed by atoms with Gasteiger partial charge in [0.1, 0.15) is 0 Å². The van der Waals surface area contributed by atoms with Crippen LogP contribution in [0.25, 0.3) is 0 Å². The molecular formula is C18H19Cl2N3O3S. The second-order valence-corrected chi connectivity index (χ2v) is 9.05. The highest BCUT2D eigenvalue weighted by Crippen LogP contribution is 2.24. The smallest absolute Gasteiger partial charge is 0.282 e. The Morgan fingerprint density at radius 3 is 2.56 bits per heavy atom. The highest BCUT2D eigenvalue weighted by Gasteiger charge is 2.37. The number of carbonyl (C=O) groups is 1. The normalized spacial score (nSPS) is 17.1. The first-order chi connectivity index (χ1) is 12.8. The summed E-state index contributed by atoms with van der Waals surface area (Å²) in [6.07, 6.45) is 0. The van der Waals surface area contributed by atoms with Gasteiger partial charge in [0, 0.05) is 35.4 Å². The zero-order valence-corrected chi connectivity index (χ0v) is 17.0. The molecule has 27 heavy (non-hydrogen) atoms. The van der Waals surface area contributed by atoms with Crippen molar-refractivity contribution >= 4 is 45.0 Å². The Labute approximate surface area is 168 Å². The number of aryl methyl sites for hydroxylation is 1. The van der Waals surface area contributed by atoms with Crippen molar-refractivity contribution in [3.05, 3.63) is 63.6 Å². The van der Waals surface area contributed by atoms with E-state index in [1.807, 2.05) is 13.0 Å². The van der Waals surface area contributed by atoms with Crippen LogP contribution in [-0.4, -0.2) is 42.6 Å². The molecule has 9 heteroatoms. The molecule has 1 aliphatic rings. The van der Waals surface area contributed by atoms with E-state index in [1.54, 1.807) is 36.4 Å². The number of halogens is 2. The van der Waals surface area contributed by atoms with Gasteiger partial charge >= 0.3 is 0 Å². The van der Waals surface area contributed by atoms with Gasteiger partial charge in [-0.1, -0.05) is 47.5 Å². The molecule has 1 fully saturated rings. The molecule has 0 spiro atoms. The first-order valence-corrected chi connectivity index (χ1v) is 10.5. The highest BCUT2D eigenvalue weighted by atomic mass is 35.5. The fourth-order valence-corrected chi connectivity index (χ4v) is 4.74. The van der Waals surface area contributed by atoms with Crippen LogP contribution in [0.5, 0.6) is 0 Å². The van der Waals surface area contributed by atoms with E-state index < -0.39 is 16.1 Å². The fraction of sp³-hybridized carbons (Fsp3) is 0.278. The molecule has 1 heterocycles. The molecule has 0 saturated carbocycles. The predicted octanol–water partition coefficient (Wildman–Crippen LogP) is 3.30. The van der Waals surface area contributed by atoms with Crippen molar-refractivity contribution in [1.29, 1.82) is 0 Å². The van der Waals surface area contributed by atoms with Crippen molar-refractivity contribution in [2.45, 2.75) is 13.5 Å². The van der Waals surface area contributed by atoms with Gasteiger partial charge in [0.2, 0.25) is 5.91 Å². The summed E-state index contributed by atoms with van der Waals surface area (Å²) in [6.45, 7) is 2.30. The van der Waals surface area contributed by atoms with E-state index in [1.165, 1.54) is 8.61 Å². The maximum Gasteiger partial charge on any atom is 0.282 e. The monoisotopic (exact) mass is 427 g/mol. The molecule has 0 radical (unpaired) electrons. The maximum atomic E-state index is 12.7. The standard InChI is InChI=1S/C18H19Cl2N3O3S/c1-13-6-7-15(19)10-17(13)21-18(24)12-23-9-8-22(27(23,25)26)11-14-4-2-3-5-16(14)20/h2-7,10H,8-9,11-12H2,1H3,(H,21,24). The highest BCUT2D eigenvalue weighted by molar-refractivity contribution is 7.87. The van der Waals surface area contributed by atoms with E-state index in [4.69, 9.17) is 23.2 Å². The average molecular weight is 428 g/mol. The summed E-state index contributed by atoms with van der Waals surface area (Å²) in [6, 6.07) is 12.3. The number of carbonyl (C=O) groups excluding carboxylic acids is 1. The summed E-state index contributed by atoms with van der Waals surface area (Å²) in [4.78, 5) is 12.3. The summed E-state index contributed by atoms with van der Waals surface area (Å²) in [7, 11) is -3.73. The average Bonchev–Trinajstić information content (AvgIpc) is 2.87. The van der Waals surface area contributed by atoms with E-state index in [2.05, 4.69) is 5.32 Å². The second kappa shape index (κ2) is 8.16. The van der Waals surface area contributed by atoms with Crippen molar-refractivity contribution in [1.82, 2.24) is 8.61 Å². The van der Waals surface area contributed by atoms with E-state index >= 15 is 0 Å². The SMILES string of the molecule is Cc1ccc(Cl)cc1NC(=O)CN1CCN(Cc2ccccc2Cl)S1(=O)=O. The summed E-state index contributed by atoms with van der Waals surface area (Å²) in [5.41, 5.74) is 2.14. The van der Waals surface area contributed by atoms with Gasteiger partial charge in [0.25, 0.3) is 10.2 Å². The van der Waals surface area contributed by atoms with Crippen LogP contribution in [0, 0.1) is 6.92 Å². The Balaban J connectivity index is 1.67. The Kier molecular flexibility index (Phi) is 6.08. The third kappa shape index (κ3) is 4.62. The lowest BCUT2D eigenvalue weighted by Gasteiger charge is -2.19. The fourth-order valence-electron chi connectivity index (χ4n) is 2.83. The van der Waals surface area contributed by atoms with Gasteiger partial charge in [-0.15, -0.1) is 0 Å². The molecule has 0 aromatic heterocycles. The number of hydrogen-bond donors (Lipinski definition) is 1. The molecule has 0 unspecified atom stereocenters. The van der Waals surface area contributed by atoms with Gasteiger partial charge in [-0.05, 0) is 36.2 Å². The summed E-state index contributed by atoms with van der Waals surface area (Å²) in [5.74, 6) is -0.413. The lowest BCUT2D eigenvalue weighted by molar-refractivity contribution is -0.116. The third-order valence-electron chi connectivity index (χ3n) is 4.35. The van der Waals surface area contributed by atoms with Crippen LogP contribution < -0.4 is 5.32 Å². The van der Waals surface area contributed by atoms with Gasteiger partial charge in [0.15, 0.2) is 0 Å². The van der Waals surface area contributed by atoms with Gasteiger partial charge in [-0.25, -0.2) is 0 Å². The lowest BCUT2D eigenvalue weighted by atomic mass is 10.2. The van der Waals surface area contributed by atoms with E-state index in [9.17, 15) is 13.2 Å². The van der Waals surface area contributed by atoms with Crippen molar-refractivity contribution in [3.8, 4) is 0 Å². The molecule has 1 N–H and O–H groups in total. The van der Waals surface area contributed by atoms with Crippen LogP contribution in [0.4, 0.5) is 5.69 Å². The van der Waals surface area contributed by atoms with Gasteiger partial charge in [0.05, 0.1) is 6.54 Å². The molecule has 0 bridgehead atoms. The minimum atomic E-state index is -3.73. The predicted molar refractivity (Wildman–Crippen MR) is 107 cm³/mol. The molecule has 6 nitrogen and oxygen atoms in total. The molecular weight excluding hydrogens is 409 g/mol. The van der Waals surface area contributed by atoms with Gasteiger partial charge < -0.3 is 5.32 Å². The third-order valence-corrected chi connectivity index (χ3v) is 6.88. The van der Waals surface area contributed by atoms with Crippen LogP contribution in [-0.2, 0) is 21.5 Å².